The molecule has 3 aliphatic carbocycles. The highest BCUT2D eigenvalue weighted by Crippen LogP contribution is 2.49. The van der Waals surface area contributed by atoms with Gasteiger partial charge in [0.1, 0.15) is 0 Å². The van der Waals surface area contributed by atoms with Crippen LogP contribution < -0.4 is 5.32 Å². The fourth-order valence-corrected chi connectivity index (χ4v) is 6.05. The summed E-state index contributed by atoms with van der Waals surface area (Å²) in [6.07, 6.45) is 12.7. The van der Waals surface area contributed by atoms with Gasteiger partial charge in [-0.1, -0.05) is 25.7 Å². The van der Waals surface area contributed by atoms with Crippen LogP contribution in [0.4, 0.5) is 0 Å². The van der Waals surface area contributed by atoms with Gasteiger partial charge in [-0.05, 0) is 49.9 Å². The van der Waals surface area contributed by atoms with Crippen LogP contribution in [0.2, 0.25) is 0 Å². The van der Waals surface area contributed by atoms with Gasteiger partial charge in [0.15, 0.2) is 0 Å². The monoisotopic (exact) mass is 334 g/mol. The SMILES string of the molecule is O=C(C[C@H]1C[C@H]2CC[C@@H]1C2)NCC1(N2CCOCC2)CCCCC1. The highest BCUT2D eigenvalue weighted by molar-refractivity contribution is 5.76. The van der Waals surface area contributed by atoms with Gasteiger partial charge in [-0.15, -0.1) is 0 Å². The maximum atomic E-state index is 12.6. The van der Waals surface area contributed by atoms with Crippen molar-refractivity contribution in [2.45, 2.75) is 69.7 Å². The molecule has 4 aliphatic rings. The summed E-state index contributed by atoms with van der Waals surface area (Å²) in [4.78, 5) is 15.2. The Morgan fingerprint density at radius 1 is 1.08 bits per heavy atom. The molecule has 0 aromatic carbocycles. The van der Waals surface area contributed by atoms with Gasteiger partial charge in [0.05, 0.1) is 13.2 Å². The molecule has 24 heavy (non-hydrogen) atoms. The number of nitrogens with zero attached hydrogens (tertiary/aromatic N) is 1. The smallest absolute Gasteiger partial charge is 0.220 e. The molecule has 2 bridgehead atoms. The Kier molecular flexibility index (Phi) is 5.14. The first kappa shape index (κ1) is 16.8. The van der Waals surface area contributed by atoms with Gasteiger partial charge in [-0.2, -0.15) is 0 Å². The third-order valence-corrected chi connectivity index (χ3v) is 7.41. The van der Waals surface area contributed by atoms with E-state index in [0.29, 0.717) is 11.8 Å². The molecule has 1 saturated heterocycles. The lowest BCUT2D eigenvalue weighted by Gasteiger charge is -2.48. The van der Waals surface area contributed by atoms with Gasteiger partial charge in [-0.3, -0.25) is 9.69 Å². The van der Waals surface area contributed by atoms with Crippen molar-refractivity contribution in [3.8, 4) is 0 Å². The number of nitrogens with one attached hydrogen (secondary N) is 1. The Morgan fingerprint density at radius 3 is 2.54 bits per heavy atom. The van der Waals surface area contributed by atoms with E-state index in [4.69, 9.17) is 4.74 Å². The molecular weight excluding hydrogens is 300 g/mol. The average Bonchev–Trinajstić information content (AvgIpc) is 3.25. The van der Waals surface area contributed by atoms with Gasteiger partial charge >= 0.3 is 0 Å². The van der Waals surface area contributed by atoms with Gasteiger partial charge in [0, 0.05) is 31.6 Å². The van der Waals surface area contributed by atoms with E-state index in [2.05, 4.69) is 10.2 Å². The predicted molar refractivity (Wildman–Crippen MR) is 94.8 cm³/mol. The average molecular weight is 335 g/mol. The van der Waals surface area contributed by atoms with E-state index in [9.17, 15) is 4.79 Å². The van der Waals surface area contributed by atoms with Crippen molar-refractivity contribution in [3.05, 3.63) is 0 Å². The molecule has 1 aliphatic heterocycles. The Morgan fingerprint density at radius 2 is 1.88 bits per heavy atom. The number of morpholine rings is 1. The lowest BCUT2D eigenvalue weighted by molar-refractivity contribution is -0.123. The second-order valence-corrected chi connectivity index (χ2v) is 8.80. The largest absolute Gasteiger partial charge is 0.379 e. The molecule has 0 unspecified atom stereocenters. The number of carbonyl (C=O) groups excluding carboxylic acids is 1. The van der Waals surface area contributed by atoms with Gasteiger partial charge in [0.25, 0.3) is 0 Å². The second-order valence-electron chi connectivity index (χ2n) is 8.80. The zero-order chi connectivity index (χ0) is 16.4. The lowest BCUT2D eigenvalue weighted by Crippen LogP contribution is -2.59. The zero-order valence-corrected chi connectivity index (χ0v) is 15.1. The molecule has 1 amide bonds. The first-order valence-corrected chi connectivity index (χ1v) is 10.3. The Hall–Kier alpha value is -0.610. The standard InChI is InChI=1S/C20H34N2O2/c23-19(14-18-13-16-4-5-17(18)12-16)21-15-20(6-2-1-3-7-20)22-8-10-24-11-9-22/h16-18H,1-15H2,(H,21,23)/t16-,17+,18+/m0/s1. The minimum Gasteiger partial charge on any atom is -0.379 e. The number of ether oxygens (including phenoxy) is 1. The Bertz CT molecular complexity index is 441. The summed E-state index contributed by atoms with van der Waals surface area (Å²) < 4.78 is 5.55. The summed E-state index contributed by atoms with van der Waals surface area (Å²) in [5.74, 6) is 2.77. The molecule has 3 atom stereocenters. The quantitative estimate of drug-likeness (QED) is 0.840. The third-order valence-electron chi connectivity index (χ3n) is 7.41. The normalized spacial score (nSPS) is 35.9. The van der Waals surface area contributed by atoms with E-state index < -0.39 is 0 Å². The summed E-state index contributed by atoms with van der Waals surface area (Å²) >= 11 is 0. The first-order chi connectivity index (χ1) is 11.8. The molecule has 4 nitrogen and oxygen atoms in total. The van der Waals surface area contributed by atoms with E-state index in [-0.39, 0.29) is 5.54 Å². The van der Waals surface area contributed by atoms with Crippen LogP contribution in [0.1, 0.15) is 64.2 Å². The van der Waals surface area contributed by atoms with Gasteiger partial charge in [-0.25, -0.2) is 0 Å². The Balaban J connectivity index is 1.31. The summed E-state index contributed by atoms with van der Waals surface area (Å²) in [5, 5.41) is 3.36. The molecule has 4 rings (SSSR count). The van der Waals surface area contributed by atoms with Crippen molar-refractivity contribution in [2.75, 3.05) is 32.8 Å². The summed E-state index contributed by atoms with van der Waals surface area (Å²) in [6, 6.07) is 0. The van der Waals surface area contributed by atoms with Crippen molar-refractivity contribution < 1.29 is 9.53 Å². The number of fused-ring (bicyclic) bond motifs is 2. The minimum absolute atomic E-state index is 0.201. The van der Waals surface area contributed by atoms with Crippen molar-refractivity contribution in [2.24, 2.45) is 17.8 Å². The van der Waals surface area contributed by atoms with Crippen LogP contribution in [0.3, 0.4) is 0 Å². The molecular formula is C20H34N2O2. The molecule has 1 N–H and O–H groups in total. The molecule has 4 heteroatoms. The predicted octanol–water partition coefficient (Wildman–Crippen LogP) is 2.96. The highest BCUT2D eigenvalue weighted by atomic mass is 16.5. The van der Waals surface area contributed by atoms with Crippen LogP contribution >= 0.6 is 0 Å². The van der Waals surface area contributed by atoms with Crippen LogP contribution in [-0.2, 0) is 9.53 Å². The molecule has 3 saturated carbocycles. The van der Waals surface area contributed by atoms with E-state index >= 15 is 0 Å². The summed E-state index contributed by atoms with van der Waals surface area (Å²) in [5.41, 5.74) is 0.201. The van der Waals surface area contributed by atoms with Crippen molar-refractivity contribution in [1.29, 1.82) is 0 Å². The molecule has 0 aromatic heterocycles. The maximum Gasteiger partial charge on any atom is 0.220 e. The van der Waals surface area contributed by atoms with E-state index in [0.717, 1.165) is 51.1 Å². The number of hydrogen-bond donors (Lipinski definition) is 1. The maximum absolute atomic E-state index is 12.6. The van der Waals surface area contributed by atoms with Crippen molar-refractivity contribution in [3.63, 3.8) is 0 Å². The number of amides is 1. The second kappa shape index (κ2) is 7.33. The van der Waals surface area contributed by atoms with Crippen LogP contribution in [0, 0.1) is 17.8 Å². The Labute approximate surface area is 146 Å². The zero-order valence-electron chi connectivity index (χ0n) is 15.1. The topological polar surface area (TPSA) is 41.6 Å². The van der Waals surface area contributed by atoms with Crippen molar-refractivity contribution in [1.82, 2.24) is 10.2 Å². The van der Waals surface area contributed by atoms with E-state index in [1.165, 1.54) is 57.8 Å². The highest BCUT2D eigenvalue weighted by Gasteiger charge is 2.41. The van der Waals surface area contributed by atoms with Crippen LogP contribution in [-0.4, -0.2) is 49.2 Å². The minimum atomic E-state index is 0.201. The van der Waals surface area contributed by atoms with Crippen LogP contribution in [0.15, 0.2) is 0 Å². The van der Waals surface area contributed by atoms with E-state index in [1.54, 1.807) is 0 Å². The molecule has 0 spiro atoms. The summed E-state index contributed by atoms with van der Waals surface area (Å²) in [6.45, 7) is 4.61. The number of carbonyl (C=O) groups is 1. The van der Waals surface area contributed by atoms with Gasteiger partial charge < -0.3 is 10.1 Å². The molecule has 0 aromatic rings. The van der Waals surface area contributed by atoms with Crippen LogP contribution in [0.25, 0.3) is 0 Å². The third kappa shape index (κ3) is 3.50. The van der Waals surface area contributed by atoms with E-state index in [1.807, 2.05) is 0 Å². The lowest BCUT2D eigenvalue weighted by atomic mass is 9.79. The van der Waals surface area contributed by atoms with Gasteiger partial charge in [0.2, 0.25) is 5.91 Å². The van der Waals surface area contributed by atoms with Crippen LogP contribution in [0.5, 0.6) is 0 Å². The molecule has 1 heterocycles. The number of hydrogen-bond acceptors (Lipinski definition) is 3. The molecule has 136 valence electrons. The molecule has 0 radical (unpaired) electrons. The first-order valence-electron chi connectivity index (χ1n) is 10.3. The summed E-state index contributed by atoms with van der Waals surface area (Å²) in [7, 11) is 0. The fraction of sp³-hybridized carbons (Fsp3) is 0.950. The van der Waals surface area contributed by atoms with Crippen molar-refractivity contribution >= 4 is 5.91 Å². The number of rotatable bonds is 5. The molecule has 4 fully saturated rings. The fourth-order valence-electron chi connectivity index (χ4n) is 6.05.